The number of rotatable bonds is 4. The Morgan fingerprint density at radius 1 is 1.09 bits per heavy atom. The lowest BCUT2D eigenvalue weighted by Gasteiger charge is -2.41. The van der Waals surface area contributed by atoms with Crippen LogP contribution in [0.1, 0.15) is 18.4 Å². The molecule has 1 amide bonds. The minimum Gasteiger partial charge on any atom is -0.481 e. The smallest absolute Gasteiger partial charge is 0.307 e. The minimum atomic E-state index is -0.870. The van der Waals surface area contributed by atoms with Gasteiger partial charge in [-0.2, -0.15) is 0 Å². The molecule has 22 heavy (non-hydrogen) atoms. The van der Waals surface area contributed by atoms with E-state index < -0.39 is 17.8 Å². The first-order valence-electron chi connectivity index (χ1n) is 7.49. The SMILES string of the molecule is O=C(O)[C@@H]1[C@@H](C(=O)NCc2ccc(Cl)cc2)[C@H]2C=C[C@H]1CC2. The standard InChI is InChI=1S/C17H18ClNO3/c18-13-7-1-10(2-8-13)9-19-16(20)14-11-3-5-12(6-4-11)15(14)17(21)22/h1-3,5,7-8,11-12,14-15H,4,6,9H2,(H,19,20)(H,21,22)/t11-,12-,14-,15-/m0/s1. The molecule has 4 nitrogen and oxygen atoms in total. The molecule has 4 atom stereocenters. The van der Waals surface area contributed by atoms with Crippen molar-refractivity contribution < 1.29 is 14.7 Å². The van der Waals surface area contributed by atoms with Gasteiger partial charge in [0.1, 0.15) is 0 Å². The molecule has 0 saturated heterocycles. The van der Waals surface area contributed by atoms with E-state index in [9.17, 15) is 14.7 Å². The van der Waals surface area contributed by atoms with Gasteiger partial charge in [0, 0.05) is 11.6 Å². The van der Waals surface area contributed by atoms with Crippen LogP contribution in [0.4, 0.5) is 0 Å². The highest BCUT2D eigenvalue weighted by Gasteiger charge is 2.47. The third kappa shape index (κ3) is 2.88. The van der Waals surface area contributed by atoms with Crippen LogP contribution >= 0.6 is 11.6 Å². The molecule has 3 aliphatic carbocycles. The van der Waals surface area contributed by atoms with Crippen LogP contribution in [0, 0.1) is 23.7 Å². The fourth-order valence-electron chi connectivity index (χ4n) is 3.60. The first-order chi connectivity index (χ1) is 10.6. The monoisotopic (exact) mass is 319 g/mol. The molecule has 0 radical (unpaired) electrons. The molecule has 0 unspecified atom stereocenters. The van der Waals surface area contributed by atoms with Crippen molar-refractivity contribution in [2.45, 2.75) is 19.4 Å². The van der Waals surface area contributed by atoms with Crippen molar-refractivity contribution in [3.63, 3.8) is 0 Å². The molecule has 1 fully saturated rings. The van der Waals surface area contributed by atoms with E-state index in [1.165, 1.54) is 0 Å². The molecule has 2 bridgehead atoms. The van der Waals surface area contributed by atoms with Crippen LogP contribution in [0.3, 0.4) is 0 Å². The molecule has 2 N–H and O–H groups in total. The molecule has 4 rings (SSSR count). The summed E-state index contributed by atoms with van der Waals surface area (Å²) in [4.78, 5) is 24.1. The normalized spacial score (nSPS) is 29.3. The third-order valence-electron chi connectivity index (χ3n) is 4.72. The average Bonchev–Trinajstić information content (AvgIpc) is 2.54. The summed E-state index contributed by atoms with van der Waals surface area (Å²) in [6, 6.07) is 7.25. The molecule has 1 saturated carbocycles. The van der Waals surface area contributed by atoms with Crippen LogP contribution in [-0.4, -0.2) is 17.0 Å². The van der Waals surface area contributed by atoms with Crippen LogP contribution < -0.4 is 5.32 Å². The minimum absolute atomic E-state index is 0.0196. The van der Waals surface area contributed by atoms with Crippen molar-refractivity contribution in [1.29, 1.82) is 0 Å². The average molecular weight is 320 g/mol. The van der Waals surface area contributed by atoms with Gasteiger partial charge in [-0.1, -0.05) is 35.9 Å². The van der Waals surface area contributed by atoms with E-state index in [1.54, 1.807) is 12.1 Å². The molecule has 0 spiro atoms. The Morgan fingerprint density at radius 2 is 1.68 bits per heavy atom. The van der Waals surface area contributed by atoms with Gasteiger partial charge in [0.2, 0.25) is 5.91 Å². The molecular formula is C17H18ClNO3. The summed E-state index contributed by atoms with van der Waals surface area (Å²) in [6.07, 6.45) is 5.74. The second-order valence-electron chi connectivity index (χ2n) is 6.02. The Bertz CT molecular complexity index is 611. The Kier molecular flexibility index (Phi) is 4.21. The van der Waals surface area contributed by atoms with Gasteiger partial charge in [-0.3, -0.25) is 9.59 Å². The topological polar surface area (TPSA) is 66.4 Å². The van der Waals surface area contributed by atoms with E-state index in [-0.39, 0.29) is 17.7 Å². The number of aliphatic carboxylic acids is 1. The number of carboxylic acid groups (broad SMARTS) is 1. The van der Waals surface area contributed by atoms with Crippen LogP contribution in [0.5, 0.6) is 0 Å². The van der Waals surface area contributed by atoms with E-state index in [0.29, 0.717) is 11.6 Å². The summed E-state index contributed by atoms with van der Waals surface area (Å²) in [5.41, 5.74) is 0.945. The number of fused-ring (bicyclic) bond motifs is 2. The van der Waals surface area contributed by atoms with E-state index >= 15 is 0 Å². The number of carboxylic acids is 1. The number of hydrogen-bond acceptors (Lipinski definition) is 2. The Hall–Kier alpha value is -1.81. The maximum Gasteiger partial charge on any atom is 0.307 e. The first-order valence-corrected chi connectivity index (χ1v) is 7.87. The number of amides is 1. The van der Waals surface area contributed by atoms with Crippen molar-refractivity contribution in [1.82, 2.24) is 5.32 Å². The molecule has 0 aromatic heterocycles. The van der Waals surface area contributed by atoms with Crippen molar-refractivity contribution in [3.05, 3.63) is 47.0 Å². The number of benzene rings is 1. The summed E-state index contributed by atoms with van der Waals surface area (Å²) in [7, 11) is 0. The van der Waals surface area contributed by atoms with Gasteiger partial charge in [0.15, 0.2) is 0 Å². The third-order valence-corrected chi connectivity index (χ3v) is 4.97. The lowest BCUT2D eigenvalue weighted by Crippen LogP contribution is -2.48. The van der Waals surface area contributed by atoms with E-state index in [0.717, 1.165) is 18.4 Å². The largest absolute Gasteiger partial charge is 0.481 e. The molecule has 3 aliphatic rings. The Labute approximate surface area is 134 Å². The van der Waals surface area contributed by atoms with E-state index in [1.807, 2.05) is 24.3 Å². The zero-order valence-electron chi connectivity index (χ0n) is 12.0. The molecule has 1 aromatic carbocycles. The fraction of sp³-hybridized carbons (Fsp3) is 0.412. The molecule has 0 aliphatic heterocycles. The zero-order chi connectivity index (χ0) is 15.7. The van der Waals surface area contributed by atoms with Crippen LogP contribution in [0.15, 0.2) is 36.4 Å². The molecule has 116 valence electrons. The quantitative estimate of drug-likeness (QED) is 0.839. The first kappa shape index (κ1) is 15.1. The number of carbonyl (C=O) groups is 2. The van der Waals surface area contributed by atoms with Crippen molar-refractivity contribution in [3.8, 4) is 0 Å². The van der Waals surface area contributed by atoms with Gasteiger partial charge in [0.25, 0.3) is 0 Å². The predicted molar refractivity (Wildman–Crippen MR) is 83.3 cm³/mol. The van der Waals surface area contributed by atoms with Gasteiger partial charge in [-0.25, -0.2) is 0 Å². The summed E-state index contributed by atoms with van der Waals surface area (Å²) < 4.78 is 0. The van der Waals surface area contributed by atoms with Crippen LogP contribution in [-0.2, 0) is 16.1 Å². The highest BCUT2D eigenvalue weighted by Crippen LogP contribution is 2.45. The second kappa shape index (κ2) is 6.13. The molecule has 5 heteroatoms. The summed E-state index contributed by atoms with van der Waals surface area (Å²) in [6.45, 7) is 0.389. The van der Waals surface area contributed by atoms with Crippen molar-refractivity contribution in [2.24, 2.45) is 23.7 Å². The van der Waals surface area contributed by atoms with Gasteiger partial charge >= 0.3 is 5.97 Å². The van der Waals surface area contributed by atoms with Crippen molar-refractivity contribution in [2.75, 3.05) is 0 Å². The van der Waals surface area contributed by atoms with Crippen LogP contribution in [0.2, 0.25) is 5.02 Å². The van der Waals surface area contributed by atoms with Gasteiger partial charge in [0.05, 0.1) is 11.8 Å². The Morgan fingerprint density at radius 3 is 2.23 bits per heavy atom. The predicted octanol–water partition coefficient (Wildman–Crippen LogP) is 2.87. The lowest BCUT2D eigenvalue weighted by molar-refractivity contribution is -0.153. The number of halogens is 1. The van der Waals surface area contributed by atoms with Gasteiger partial charge in [-0.15, -0.1) is 0 Å². The second-order valence-corrected chi connectivity index (χ2v) is 6.46. The highest BCUT2D eigenvalue weighted by molar-refractivity contribution is 6.30. The summed E-state index contributed by atoms with van der Waals surface area (Å²) >= 11 is 5.83. The zero-order valence-corrected chi connectivity index (χ0v) is 12.8. The van der Waals surface area contributed by atoms with Crippen LogP contribution in [0.25, 0.3) is 0 Å². The Balaban J connectivity index is 1.69. The van der Waals surface area contributed by atoms with Gasteiger partial charge < -0.3 is 10.4 Å². The van der Waals surface area contributed by atoms with Crippen molar-refractivity contribution >= 4 is 23.5 Å². The number of hydrogen-bond donors (Lipinski definition) is 2. The molecule has 0 heterocycles. The summed E-state index contributed by atoms with van der Waals surface area (Å²) in [5, 5.41) is 13.0. The van der Waals surface area contributed by atoms with E-state index in [2.05, 4.69) is 5.32 Å². The maximum absolute atomic E-state index is 12.5. The molecular weight excluding hydrogens is 302 g/mol. The van der Waals surface area contributed by atoms with Gasteiger partial charge in [-0.05, 0) is 42.4 Å². The van der Waals surface area contributed by atoms with E-state index in [4.69, 9.17) is 11.6 Å². The number of carbonyl (C=O) groups excluding carboxylic acids is 1. The number of allylic oxidation sites excluding steroid dienone is 2. The molecule has 1 aromatic rings. The lowest BCUT2D eigenvalue weighted by atomic mass is 9.62. The fourth-order valence-corrected chi connectivity index (χ4v) is 3.72. The number of nitrogens with one attached hydrogen (secondary N) is 1. The maximum atomic E-state index is 12.5. The summed E-state index contributed by atoms with van der Waals surface area (Å²) in [5.74, 6) is -2.08. The highest BCUT2D eigenvalue weighted by atomic mass is 35.5.